The number of Topliss-reactive ketones (excluding diaryl/α,β-unsaturated/α-hetero) is 1. The van der Waals surface area contributed by atoms with Gasteiger partial charge in [0, 0.05) is 5.41 Å². The van der Waals surface area contributed by atoms with E-state index in [1.807, 2.05) is 6.92 Å². The number of ketones is 1. The fourth-order valence-electron chi connectivity index (χ4n) is 10.5. The first kappa shape index (κ1) is 23.1. The number of hydrogen-bond acceptors (Lipinski definition) is 2. The van der Waals surface area contributed by atoms with Gasteiger partial charge >= 0.3 is 0 Å². The molecule has 9 atom stereocenters. The molecule has 5 aliphatic carbocycles. The van der Waals surface area contributed by atoms with Crippen molar-refractivity contribution in [2.75, 3.05) is 0 Å². The smallest absolute Gasteiger partial charge is 0.136 e. The average Bonchev–Trinajstić information content (AvgIpc) is 2.71. The molecule has 0 aliphatic heterocycles. The molecule has 0 aromatic rings. The maximum absolute atomic E-state index is 13.2. The van der Waals surface area contributed by atoms with Crippen LogP contribution in [0.2, 0.25) is 0 Å². The largest absolute Gasteiger partial charge is 0.393 e. The summed E-state index contributed by atoms with van der Waals surface area (Å²) in [6.45, 7) is 16.9. The van der Waals surface area contributed by atoms with E-state index in [4.69, 9.17) is 0 Å². The lowest BCUT2D eigenvalue weighted by molar-refractivity contribution is -0.181. The summed E-state index contributed by atoms with van der Waals surface area (Å²) in [7, 11) is 0. The average molecular weight is 441 g/mol. The third-order valence-corrected chi connectivity index (χ3v) is 12.9. The minimum atomic E-state index is -0.113. The number of aliphatic hydroxyl groups excluding tert-OH is 1. The Morgan fingerprint density at radius 3 is 2.34 bits per heavy atom. The first-order valence-electron chi connectivity index (χ1n) is 13.7. The molecule has 0 heterocycles. The molecule has 5 aliphatic rings. The Morgan fingerprint density at radius 2 is 1.66 bits per heavy atom. The summed E-state index contributed by atoms with van der Waals surface area (Å²) in [5.74, 6) is 2.67. The normalized spacial score (nSPS) is 54.4. The maximum atomic E-state index is 13.2. The number of hydrogen-bond donors (Lipinski definition) is 1. The van der Waals surface area contributed by atoms with Crippen LogP contribution in [-0.2, 0) is 4.79 Å². The van der Waals surface area contributed by atoms with Crippen molar-refractivity contribution in [3.05, 3.63) is 11.6 Å². The van der Waals surface area contributed by atoms with Crippen molar-refractivity contribution in [1.82, 2.24) is 0 Å². The van der Waals surface area contributed by atoms with E-state index in [0.29, 0.717) is 45.7 Å². The van der Waals surface area contributed by atoms with Crippen molar-refractivity contribution in [2.24, 2.45) is 50.7 Å². The van der Waals surface area contributed by atoms with Crippen LogP contribution in [0.4, 0.5) is 0 Å². The molecule has 0 amide bonds. The summed E-state index contributed by atoms with van der Waals surface area (Å²) >= 11 is 0. The first-order chi connectivity index (χ1) is 14.8. The third-order valence-electron chi connectivity index (χ3n) is 12.9. The van der Waals surface area contributed by atoms with Crippen LogP contribution in [0.1, 0.15) is 113 Å². The molecular weight excluding hydrogens is 392 g/mol. The number of rotatable bonds is 1. The van der Waals surface area contributed by atoms with Gasteiger partial charge in [-0.15, -0.1) is 0 Å². The van der Waals surface area contributed by atoms with Gasteiger partial charge in [-0.05, 0) is 116 Å². The monoisotopic (exact) mass is 440 g/mol. The van der Waals surface area contributed by atoms with Crippen molar-refractivity contribution in [3.8, 4) is 0 Å². The summed E-state index contributed by atoms with van der Waals surface area (Å²) in [4.78, 5) is 13.2. The molecule has 5 rings (SSSR count). The maximum Gasteiger partial charge on any atom is 0.136 e. The number of carbonyl (C=O) groups excluding carboxylic acids is 1. The highest BCUT2D eigenvalue weighted by Crippen LogP contribution is 2.74. The Bertz CT molecular complexity index is 840. The van der Waals surface area contributed by atoms with Crippen molar-refractivity contribution in [3.63, 3.8) is 0 Å². The Hall–Kier alpha value is -0.630. The fraction of sp³-hybridized carbons (Fsp3) is 0.900. The quantitative estimate of drug-likeness (QED) is 0.433. The Morgan fingerprint density at radius 1 is 0.969 bits per heavy atom. The van der Waals surface area contributed by atoms with Gasteiger partial charge in [-0.2, -0.15) is 0 Å². The van der Waals surface area contributed by atoms with E-state index in [1.165, 1.54) is 44.9 Å². The van der Waals surface area contributed by atoms with E-state index in [9.17, 15) is 9.90 Å². The second-order valence-corrected chi connectivity index (χ2v) is 14.4. The van der Waals surface area contributed by atoms with E-state index < -0.39 is 0 Å². The van der Waals surface area contributed by atoms with Crippen LogP contribution in [0.25, 0.3) is 0 Å². The van der Waals surface area contributed by atoms with E-state index in [0.717, 1.165) is 19.3 Å². The van der Waals surface area contributed by atoms with Crippen molar-refractivity contribution < 1.29 is 9.90 Å². The van der Waals surface area contributed by atoms with Crippen molar-refractivity contribution in [2.45, 2.75) is 119 Å². The Balaban J connectivity index is 1.59. The number of carbonyl (C=O) groups is 1. The van der Waals surface area contributed by atoms with Crippen LogP contribution in [0, 0.1) is 50.7 Å². The van der Waals surface area contributed by atoms with E-state index in [-0.39, 0.29) is 16.9 Å². The molecule has 4 saturated carbocycles. The Labute approximate surface area is 197 Å². The lowest BCUT2D eigenvalue weighted by atomic mass is 9.34. The predicted molar refractivity (Wildman–Crippen MR) is 131 cm³/mol. The van der Waals surface area contributed by atoms with E-state index >= 15 is 0 Å². The summed E-state index contributed by atoms with van der Waals surface area (Å²) in [5, 5.41) is 10.6. The number of aliphatic hydroxyl groups is 1. The summed E-state index contributed by atoms with van der Waals surface area (Å²) < 4.78 is 0. The molecule has 4 fully saturated rings. The molecular formula is C30H48O2. The van der Waals surface area contributed by atoms with Crippen molar-refractivity contribution >= 4 is 5.78 Å². The minimum absolute atomic E-state index is 0.103. The third kappa shape index (κ3) is 2.77. The molecule has 4 unspecified atom stereocenters. The second kappa shape index (κ2) is 6.96. The van der Waals surface area contributed by atoms with Crippen LogP contribution in [0.3, 0.4) is 0 Å². The Kier molecular flexibility index (Phi) is 5.03. The molecule has 2 nitrogen and oxygen atoms in total. The SMILES string of the molecule is CC(=O)[C@]12CCC(C)(C)CC1C1=CCC3C4(C)CC[C@H](O)C(C)[C@@H]4CC[C@]3(C)[C@]1(C)CC2. The summed E-state index contributed by atoms with van der Waals surface area (Å²) in [6, 6.07) is 0. The molecule has 32 heavy (non-hydrogen) atoms. The van der Waals surface area contributed by atoms with Crippen LogP contribution < -0.4 is 0 Å². The highest BCUT2D eigenvalue weighted by Gasteiger charge is 2.67. The van der Waals surface area contributed by atoms with Crippen molar-refractivity contribution in [1.29, 1.82) is 0 Å². The molecule has 1 N–H and O–H groups in total. The number of fused-ring (bicyclic) bond motifs is 7. The highest BCUT2D eigenvalue weighted by atomic mass is 16.3. The molecule has 0 aromatic heterocycles. The van der Waals surface area contributed by atoms with Gasteiger partial charge in [0.05, 0.1) is 6.10 Å². The summed E-state index contributed by atoms with van der Waals surface area (Å²) in [5.41, 5.74) is 2.75. The van der Waals surface area contributed by atoms with Gasteiger partial charge in [-0.1, -0.05) is 53.2 Å². The van der Waals surface area contributed by atoms with Crippen LogP contribution in [0.15, 0.2) is 11.6 Å². The lowest BCUT2D eigenvalue weighted by Gasteiger charge is -2.70. The molecule has 0 radical (unpaired) electrons. The molecule has 0 saturated heterocycles. The zero-order valence-corrected chi connectivity index (χ0v) is 21.9. The zero-order valence-electron chi connectivity index (χ0n) is 21.9. The standard InChI is InChI=1S/C30H48O2/c1-19-21-10-13-29(7)25(27(21,5)12-11-24(19)32)9-8-22-23-18-26(3,4)14-16-30(23,20(2)31)17-15-28(22,29)6/h8,19,21,23-25,32H,9-18H2,1-7H3/t19?,21-,23?,24-,25?,27?,28+,29-,30+/m0/s1. The van der Waals surface area contributed by atoms with Gasteiger partial charge in [0.25, 0.3) is 0 Å². The first-order valence-corrected chi connectivity index (χ1v) is 13.7. The van der Waals surface area contributed by atoms with Gasteiger partial charge in [-0.25, -0.2) is 0 Å². The molecule has 180 valence electrons. The molecule has 0 bridgehead atoms. The van der Waals surface area contributed by atoms with Gasteiger partial charge in [0.15, 0.2) is 0 Å². The summed E-state index contributed by atoms with van der Waals surface area (Å²) in [6.07, 6.45) is 14.2. The van der Waals surface area contributed by atoms with Gasteiger partial charge < -0.3 is 5.11 Å². The fourth-order valence-corrected chi connectivity index (χ4v) is 10.5. The van der Waals surface area contributed by atoms with E-state index in [1.54, 1.807) is 5.57 Å². The number of allylic oxidation sites excluding steroid dienone is 2. The van der Waals surface area contributed by atoms with Crippen LogP contribution in [0.5, 0.6) is 0 Å². The highest BCUT2D eigenvalue weighted by molar-refractivity contribution is 5.83. The van der Waals surface area contributed by atoms with Crippen LogP contribution >= 0.6 is 0 Å². The topological polar surface area (TPSA) is 37.3 Å². The molecule has 2 heteroatoms. The van der Waals surface area contributed by atoms with Gasteiger partial charge in [0.1, 0.15) is 5.78 Å². The van der Waals surface area contributed by atoms with Crippen LogP contribution in [-0.4, -0.2) is 17.0 Å². The minimum Gasteiger partial charge on any atom is -0.393 e. The zero-order chi connectivity index (χ0) is 23.3. The second-order valence-electron chi connectivity index (χ2n) is 14.4. The molecule has 0 spiro atoms. The molecule has 0 aromatic carbocycles. The lowest BCUT2D eigenvalue weighted by Crippen LogP contribution is -2.63. The van der Waals surface area contributed by atoms with Gasteiger partial charge in [0.2, 0.25) is 0 Å². The van der Waals surface area contributed by atoms with Gasteiger partial charge in [-0.3, -0.25) is 4.79 Å². The van der Waals surface area contributed by atoms with E-state index in [2.05, 4.69) is 47.6 Å². The predicted octanol–water partition coefficient (Wildman–Crippen LogP) is 7.35.